The highest BCUT2D eigenvalue weighted by Gasteiger charge is 2.34. The van der Waals surface area contributed by atoms with E-state index < -0.39 is 30.0 Å². The van der Waals surface area contributed by atoms with E-state index in [0.29, 0.717) is 5.56 Å². The molecule has 3 amide bonds. The van der Waals surface area contributed by atoms with Gasteiger partial charge in [0.2, 0.25) is 5.76 Å². The van der Waals surface area contributed by atoms with Crippen molar-refractivity contribution < 1.29 is 37.8 Å². The average Bonchev–Trinajstić information content (AvgIpc) is 3.35. The van der Waals surface area contributed by atoms with Gasteiger partial charge in [-0.25, -0.2) is 14.4 Å². The van der Waals surface area contributed by atoms with Crippen LogP contribution in [0.25, 0.3) is 6.08 Å². The summed E-state index contributed by atoms with van der Waals surface area (Å²) >= 11 is 12.5. The summed E-state index contributed by atoms with van der Waals surface area (Å²) in [5.41, 5.74) is 0.378. The maximum Gasteiger partial charge on any atom is 0.373 e. The van der Waals surface area contributed by atoms with E-state index >= 15 is 0 Å². The predicted octanol–water partition coefficient (Wildman–Crippen LogP) is 3.41. The second-order valence-corrected chi connectivity index (χ2v) is 7.55. The number of hydrogen-bond acceptors (Lipinski definition) is 8. The van der Waals surface area contributed by atoms with Crippen LogP contribution in [0, 0.1) is 0 Å². The molecule has 1 N–H and O–H groups in total. The van der Waals surface area contributed by atoms with Crippen LogP contribution in [-0.4, -0.2) is 49.1 Å². The summed E-state index contributed by atoms with van der Waals surface area (Å²) in [6, 6.07) is 5.08. The van der Waals surface area contributed by atoms with Gasteiger partial charge in [-0.1, -0.05) is 23.2 Å². The number of nitrogens with one attached hydrogen (secondary N) is 1. The molecular weight excluding hydrogens is 479 g/mol. The summed E-state index contributed by atoms with van der Waals surface area (Å²) in [4.78, 5) is 49.0. The molecule has 0 radical (unpaired) electrons. The molecule has 3 rings (SSSR count). The maximum atomic E-state index is 12.7. The number of benzene rings is 1. The Kier molecular flexibility index (Phi) is 7.29. The monoisotopic (exact) mass is 496 g/mol. The van der Waals surface area contributed by atoms with Crippen LogP contribution in [0.3, 0.4) is 0 Å². The van der Waals surface area contributed by atoms with E-state index in [1.54, 1.807) is 0 Å². The number of nitrogens with zero attached hydrogens (tertiary/aromatic N) is 1. The molecule has 0 saturated carbocycles. The molecule has 1 aliphatic heterocycles. The van der Waals surface area contributed by atoms with E-state index in [1.807, 2.05) is 0 Å². The molecule has 0 unspecified atom stereocenters. The van der Waals surface area contributed by atoms with Gasteiger partial charge in [0.25, 0.3) is 5.91 Å². The van der Waals surface area contributed by atoms with Crippen molar-refractivity contribution in [2.75, 3.05) is 14.2 Å². The zero-order valence-corrected chi connectivity index (χ0v) is 19.2. The summed E-state index contributed by atoms with van der Waals surface area (Å²) in [6.07, 6.45) is 0.438. The minimum absolute atomic E-state index is 0.0246. The number of carbonyl (C=O) groups is 4. The Morgan fingerprint density at radius 1 is 1.15 bits per heavy atom. The zero-order valence-electron chi connectivity index (χ0n) is 17.6. The Morgan fingerprint density at radius 2 is 1.82 bits per heavy atom. The van der Waals surface area contributed by atoms with Crippen molar-refractivity contribution in [2.24, 2.45) is 0 Å². The van der Waals surface area contributed by atoms with Gasteiger partial charge in [0.15, 0.2) is 11.9 Å². The molecule has 1 fully saturated rings. The highest BCUT2D eigenvalue weighted by molar-refractivity contribution is 6.37. The summed E-state index contributed by atoms with van der Waals surface area (Å²) in [6.45, 7) is 1.28. The Balaban J connectivity index is 1.78. The largest absolute Gasteiger partial charge is 0.476 e. The summed E-state index contributed by atoms with van der Waals surface area (Å²) < 4.78 is 19.9. The van der Waals surface area contributed by atoms with E-state index in [4.69, 9.17) is 32.4 Å². The van der Waals surface area contributed by atoms with Gasteiger partial charge < -0.3 is 23.9 Å². The quantitative estimate of drug-likeness (QED) is 0.351. The van der Waals surface area contributed by atoms with Crippen LogP contribution in [0.2, 0.25) is 10.0 Å². The molecule has 174 valence electrons. The lowest BCUT2D eigenvalue weighted by Gasteiger charge is -2.15. The lowest BCUT2D eigenvalue weighted by Crippen LogP contribution is -2.30. The number of carbonyl (C=O) groups excluding carboxylic acids is 4. The molecule has 0 bridgehead atoms. The SMILES string of the molecule is COC(=O)c1ccc(CN2C(=O)N/C(=C\c3cc(Cl)c(O[C@H](C)C(=O)OC)c(Cl)c3)C2=O)o1. The molecule has 0 spiro atoms. The number of hydrogen-bond donors (Lipinski definition) is 1. The van der Waals surface area contributed by atoms with Crippen molar-refractivity contribution >= 4 is 53.2 Å². The van der Waals surface area contributed by atoms with Crippen LogP contribution in [-0.2, 0) is 25.6 Å². The van der Waals surface area contributed by atoms with Gasteiger partial charge >= 0.3 is 18.0 Å². The first-order valence-electron chi connectivity index (χ1n) is 9.39. The molecule has 2 heterocycles. The molecule has 1 aromatic heterocycles. The Bertz CT molecular complexity index is 1130. The molecule has 12 heteroatoms. The van der Waals surface area contributed by atoms with Gasteiger partial charge in [-0.05, 0) is 42.8 Å². The third-order valence-electron chi connectivity index (χ3n) is 4.48. The minimum Gasteiger partial charge on any atom is -0.476 e. The highest BCUT2D eigenvalue weighted by Crippen LogP contribution is 2.36. The van der Waals surface area contributed by atoms with Gasteiger partial charge in [0.1, 0.15) is 11.5 Å². The van der Waals surface area contributed by atoms with Crippen LogP contribution in [0.5, 0.6) is 5.75 Å². The number of ether oxygens (including phenoxy) is 3. The Labute approximate surface area is 198 Å². The summed E-state index contributed by atoms with van der Waals surface area (Å²) in [7, 11) is 2.43. The number of furan rings is 1. The van der Waals surface area contributed by atoms with Crippen molar-refractivity contribution in [1.82, 2.24) is 10.2 Å². The predicted molar refractivity (Wildman–Crippen MR) is 116 cm³/mol. The number of imide groups is 1. The van der Waals surface area contributed by atoms with Gasteiger partial charge in [0, 0.05) is 0 Å². The molecule has 1 atom stereocenters. The van der Waals surface area contributed by atoms with Crippen LogP contribution in [0.4, 0.5) is 4.79 Å². The lowest BCUT2D eigenvalue weighted by molar-refractivity contribution is -0.147. The molecule has 0 aliphatic carbocycles. The molecule has 10 nitrogen and oxygen atoms in total. The van der Waals surface area contributed by atoms with Crippen LogP contribution < -0.4 is 10.1 Å². The van der Waals surface area contributed by atoms with Gasteiger partial charge in [-0.2, -0.15) is 0 Å². The van der Waals surface area contributed by atoms with Crippen molar-refractivity contribution in [2.45, 2.75) is 19.6 Å². The van der Waals surface area contributed by atoms with Gasteiger partial charge in [-0.3, -0.25) is 9.69 Å². The standard InChI is InChI=1S/C21H18Cl2N2O8/c1-10(19(27)30-2)32-17-13(22)6-11(7-14(17)23)8-15-18(26)25(21(29)24-15)9-12-4-5-16(33-12)20(28)31-3/h4-8,10H,9H2,1-3H3,(H,24,29)/b15-8-/t10-/m1/s1. The van der Waals surface area contributed by atoms with E-state index in [-0.39, 0.29) is 39.6 Å². The highest BCUT2D eigenvalue weighted by atomic mass is 35.5. The minimum atomic E-state index is -0.945. The first-order chi connectivity index (χ1) is 15.6. The van der Waals surface area contributed by atoms with Crippen molar-refractivity contribution in [3.8, 4) is 5.75 Å². The molecule has 1 aliphatic rings. The van der Waals surface area contributed by atoms with E-state index in [0.717, 1.165) is 4.90 Å². The van der Waals surface area contributed by atoms with Crippen molar-refractivity contribution in [3.63, 3.8) is 0 Å². The second-order valence-electron chi connectivity index (χ2n) is 6.73. The number of esters is 2. The molecule has 1 aromatic carbocycles. The Morgan fingerprint density at radius 3 is 2.42 bits per heavy atom. The Hall–Kier alpha value is -3.50. The summed E-state index contributed by atoms with van der Waals surface area (Å²) in [5.74, 6) is -1.68. The molecule has 33 heavy (non-hydrogen) atoms. The number of amides is 3. The first-order valence-corrected chi connectivity index (χ1v) is 10.1. The zero-order chi connectivity index (χ0) is 24.3. The first kappa shape index (κ1) is 24.1. The second kappa shape index (κ2) is 9.97. The fourth-order valence-electron chi connectivity index (χ4n) is 2.88. The van der Waals surface area contributed by atoms with Crippen LogP contribution in [0.15, 0.2) is 34.4 Å². The van der Waals surface area contributed by atoms with E-state index in [9.17, 15) is 19.2 Å². The number of halogens is 2. The van der Waals surface area contributed by atoms with Gasteiger partial charge in [0.05, 0.1) is 30.8 Å². The lowest BCUT2D eigenvalue weighted by atomic mass is 10.1. The maximum absolute atomic E-state index is 12.7. The molecular formula is C21H18Cl2N2O8. The van der Waals surface area contributed by atoms with Crippen LogP contribution >= 0.6 is 23.2 Å². The average molecular weight is 497 g/mol. The van der Waals surface area contributed by atoms with Crippen molar-refractivity contribution in [1.29, 1.82) is 0 Å². The third kappa shape index (κ3) is 5.29. The smallest absolute Gasteiger partial charge is 0.373 e. The van der Waals surface area contributed by atoms with E-state index in [1.165, 1.54) is 51.5 Å². The fraction of sp³-hybridized carbons (Fsp3) is 0.238. The normalized spacial score (nSPS) is 15.4. The van der Waals surface area contributed by atoms with Crippen LogP contribution in [0.1, 0.15) is 28.8 Å². The van der Waals surface area contributed by atoms with Gasteiger partial charge in [-0.15, -0.1) is 0 Å². The van der Waals surface area contributed by atoms with E-state index in [2.05, 4.69) is 14.8 Å². The third-order valence-corrected chi connectivity index (χ3v) is 5.05. The number of rotatable bonds is 7. The number of urea groups is 1. The topological polar surface area (TPSA) is 124 Å². The molecule has 1 saturated heterocycles. The number of methoxy groups -OCH3 is 2. The summed E-state index contributed by atoms with van der Waals surface area (Å²) in [5, 5.41) is 2.63. The molecule has 2 aromatic rings. The fourth-order valence-corrected chi connectivity index (χ4v) is 3.47. The van der Waals surface area contributed by atoms with Crippen molar-refractivity contribution in [3.05, 3.63) is 57.1 Å².